The number of ether oxygens (including phenoxy) is 1. The van der Waals surface area contributed by atoms with Crippen molar-refractivity contribution < 1.29 is 23.1 Å². The average molecular weight is 372 g/mol. The van der Waals surface area contributed by atoms with E-state index < -0.39 is 29.6 Å². The molecule has 0 aliphatic carbocycles. The molecule has 7 nitrogen and oxygen atoms in total. The first kappa shape index (κ1) is 18.4. The number of nitrogens with zero attached hydrogens (tertiary/aromatic N) is 1. The Kier molecular flexibility index (Phi) is 5.35. The number of nitrogens with one attached hydrogen (secondary N) is 1. The Morgan fingerprint density at radius 1 is 1.19 bits per heavy atom. The number of carbonyl (C=O) groups is 2. The van der Waals surface area contributed by atoms with Crippen molar-refractivity contribution in [3.8, 4) is 0 Å². The molecule has 0 saturated carbocycles. The Hall–Kier alpha value is -3.42. The Bertz CT molecular complexity index is 1020. The van der Waals surface area contributed by atoms with Gasteiger partial charge in [0.2, 0.25) is 0 Å². The van der Waals surface area contributed by atoms with Crippen LogP contribution in [0.5, 0.6) is 0 Å². The second-order valence-electron chi connectivity index (χ2n) is 5.87. The lowest BCUT2D eigenvalue weighted by molar-refractivity contribution is -0.153. The minimum Gasteiger partial charge on any atom is -0.452 e. The number of anilines is 1. The summed E-state index contributed by atoms with van der Waals surface area (Å²) in [6.07, 6.45) is -1.14. The van der Waals surface area contributed by atoms with Gasteiger partial charge in [0.15, 0.2) is 11.7 Å². The molecule has 1 amide bonds. The fourth-order valence-electron chi connectivity index (χ4n) is 2.52. The van der Waals surface area contributed by atoms with Crippen molar-refractivity contribution in [1.82, 2.24) is 4.57 Å². The third-order valence-corrected chi connectivity index (χ3v) is 3.90. The van der Waals surface area contributed by atoms with E-state index in [1.807, 2.05) is 0 Å². The third kappa shape index (κ3) is 4.41. The van der Waals surface area contributed by atoms with Crippen molar-refractivity contribution in [3.63, 3.8) is 0 Å². The van der Waals surface area contributed by atoms with Crippen molar-refractivity contribution in [2.45, 2.75) is 26.0 Å². The van der Waals surface area contributed by atoms with E-state index in [9.17, 15) is 18.8 Å². The molecule has 1 N–H and O–H groups in total. The SMILES string of the molecule is C[C@H](OC(=O)CCn1c(=O)oc2ccccc21)C(=O)Nc1ccc(F)cc1. The van der Waals surface area contributed by atoms with Crippen LogP contribution in [0.25, 0.3) is 11.1 Å². The molecule has 0 radical (unpaired) electrons. The standard InChI is InChI=1S/C19H17FN2O5/c1-12(18(24)21-14-8-6-13(20)7-9-14)26-17(23)10-11-22-15-4-2-3-5-16(15)27-19(22)25/h2-9,12H,10-11H2,1H3,(H,21,24)/t12-/m0/s1. The summed E-state index contributed by atoms with van der Waals surface area (Å²) in [5.74, 6) is -2.16. The quantitative estimate of drug-likeness (QED) is 0.672. The smallest absolute Gasteiger partial charge is 0.419 e. The molecule has 0 unspecified atom stereocenters. The van der Waals surface area contributed by atoms with E-state index in [0.29, 0.717) is 16.8 Å². The second-order valence-corrected chi connectivity index (χ2v) is 5.87. The predicted molar refractivity (Wildman–Crippen MR) is 95.7 cm³/mol. The van der Waals surface area contributed by atoms with Gasteiger partial charge >= 0.3 is 11.7 Å². The van der Waals surface area contributed by atoms with Gasteiger partial charge in [-0.25, -0.2) is 9.18 Å². The van der Waals surface area contributed by atoms with Gasteiger partial charge in [-0.3, -0.25) is 14.2 Å². The molecule has 2 aromatic carbocycles. The number of aryl methyl sites for hydroxylation is 1. The highest BCUT2D eigenvalue weighted by Crippen LogP contribution is 2.13. The average Bonchev–Trinajstić information content (AvgIpc) is 2.97. The van der Waals surface area contributed by atoms with Crippen molar-refractivity contribution in [2.24, 2.45) is 0 Å². The zero-order valence-electron chi connectivity index (χ0n) is 14.5. The summed E-state index contributed by atoms with van der Waals surface area (Å²) in [5, 5.41) is 2.52. The monoisotopic (exact) mass is 372 g/mol. The van der Waals surface area contributed by atoms with Crippen LogP contribution in [0.4, 0.5) is 10.1 Å². The maximum absolute atomic E-state index is 12.9. The Labute approximate surface area is 153 Å². The summed E-state index contributed by atoms with van der Waals surface area (Å²) < 4.78 is 24.4. The van der Waals surface area contributed by atoms with Gasteiger partial charge in [0, 0.05) is 12.2 Å². The number of esters is 1. The van der Waals surface area contributed by atoms with E-state index in [1.54, 1.807) is 24.3 Å². The molecule has 1 atom stereocenters. The number of hydrogen-bond donors (Lipinski definition) is 1. The molecule has 0 spiro atoms. The minimum atomic E-state index is -1.04. The molecule has 3 aromatic rings. The first-order valence-electron chi connectivity index (χ1n) is 8.28. The van der Waals surface area contributed by atoms with Gasteiger partial charge in [0.05, 0.1) is 11.9 Å². The molecule has 1 heterocycles. The van der Waals surface area contributed by atoms with Crippen molar-refractivity contribution >= 4 is 28.7 Å². The van der Waals surface area contributed by atoms with E-state index in [1.165, 1.54) is 35.8 Å². The van der Waals surface area contributed by atoms with Crippen molar-refractivity contribution in [3.05, 3.63) is 64.9 Å². The maximum atomic E-state index is 12.9. The van der Waals surface area contributed by atoms with E-state index in [-0.39, 0.29) is 13.0 Å². The number of para-hydroxylation sites is 2. The van der Waals surface area contributed by atoms with Crippen LogP contribution >= 0.6 is 0 Å². The molecular weight excluding hydrogens is 355 g/mol. The summed E-state index contributed by atoms with van der Waals surface area (Å²) in [6.45, 7) is 1.50. The molecule has 0 aliphatic rings. The topological polar surface area (TPSA) is 90.5 Å². The number of benzene rings is 2. The summed E-state index contributed by atoms with van der Waals surface area (Å²) in [6, 6.07) is 12.1. The van der Waals surface area contributed by atoms with Crippen LogP contribution in [0.2, 0.25) is 0 Å². The molecule has 140 valence electrons. The summed E-state index contributed by atoms with van der Waals surface area (Å²) in [5.41, 5.74) is 1.40. The van der Waals surface area contributed by atoms with Crippen LogP contribution in [0.1, 0.15) is 13.3 Å². The van der Waals surface area contributed by atoms with Gasteiger partial charge in [0.25, 0.3) is 5.91 Å². The first-order valence-corrected chi connectivity index (χ1v) is 8.28. The maximum Gasteiger partial charge on any atom is 0.419 e. The van der Waals surface area contributed by atoms with Crippen LogP contribution in [0, 0.1) is 5.82 Å². The predicted octanol–water partition coefficient (Wildman–Crippen LogP) is 2.69. The summed E-state index contributed by atoms with van der Waals surface area (Å²) in [7, 11) is 0. The van der Waals surface area contributed by atoms with Crippen LogP contribution in [0.15, 0.2) is 57.7 Å². The highest BCUT2D eigenvalue weighted by atomic mass is 19.1. The largest absolute Gasteiger partial charge is 0.452 e. The van der Waals surface area contributed by atoms with Crippen LogP contribution < -0.4 is 11.1 Å². The summed E-state index contributed by atoms with van der Waals surface area (Å²) >= 11 is 0. The lowest BCUT2D eigenvalue weighted by Crippen LogP contribution is -2.30. The zero-order valence-corrected chi connectivity index (χ0v) is 14.5. The summed E-state index contributed by atoms with van der Waals surface area (Å²) in [4.78, 5) is 35.9. The van der Waals surface area contributed by atoms with Gasteiger partial charge in [-0.15, -0.1) is 0 Å². The van der Waals surface area contributed by atoms with Gasteiger partial charge in [-0.1, -0.05) is 12.1 Å². The number of carbonyl (C=O) groups excluding carboxylic acids is 2. The molecule has 8 heteroatoms. The number of rotatable bonds is 6. The highest BCUT2D eigenvalue weighted by molar-refractivity contribution is 5.95. The molecule has 3 rings (SSSR count). The lowest BCUT2D eigenvalue weighted by Gasteiger charge is -2.13. The Balaban J connectivity index is 1.55. The van der Waals surface area contributed by atoms with Crippen LogP contribution in [-0.4, -0.2) is 22.5 Å². The van der Waals surface area contributed by atoms with E-state index in [2.05, 4.69) is 5.32 Å². The van der Waals surface area contributed by atoms with E-state index >= 15 is 0 Å². The minimum absolute atomic E-state index is 0.0704. The number of amides is 1. The van der Waals surface area contributed by atoms with Gasteiger partial charge in [-0.05, 0) is 43.3 Å². The molecule has 0 bridgehead atoms. The second kappa shape index (κ2) is 7.86. The van der Waals surface area contributed by atoms with Crippen LogP contribution in [-0.2, 0) is 20.9 Å². The van der Waals surface area contributed by atoms with Gasteiger partial charge in [-0.2, -0.15) is 0 Å². The number of halogens is 1. The number of aromatic nitrogens is 1. The first-order chi connectivity index (χ1) is 12.9. The molecule has 1 aromatic heterocycles. The van der Waals surface area contributed by atoms with Crippen molar-refractivity contribution in [1.29, 1.82) is 0 Å². The molecule has 0 aliphatic heterocycles. The number of oxazole rings is 1. The molecule has 0 saturated heterocycles. The van der Waals surface area contributed by atoms with Gasteiger partial charge in [0.1, 0.15) is 5.82 Å². The van der Waals surface area contributed by atoms with Gasteiger partial charge < -0.3 is 14.5 Å². The van der Waals surface area contributed by atoms with Crippen molar-refractivity contribution in [2.75, 3.05) is 5.32 Å². The Morgan fingerprint density at radius 2 is 1.89 bits per heavy atom. The number of hydrogen-bond acceptors (Lipinski definition) is 5. The number of fused-ring (bicyclic) bond motifs is 1. The normalized spacial score (nSPS) is 11.9. The third-order valence-electron chi connectivity index (χ3n) is 3.90. The van der Waals surface area contributed by atoms with E-state index in [0.717, 1.165) is 0 Å². The highest BCUT2D eigenvalue weighted by Gasteiger charge is 2.19. The lowest BCUT2D eigenvalue weighted by atomic mass is 10.3. The van der Waals surface area contributed by atoms with E-state index in [4.69, 9.17) is 9.15 Å². The Morgan fingerprint density at radius 3 is 2.63 bits per heavy atom. The fraction of sp³-hybridized carbons (Fsp3) is 0.211. The zero-order chi connectivity index (χ0) is 19.4. The van der Waals surface area contributed by atoms with Crippen LogP contribution in [0.3, 0.4) is 0 Å². The molecule has 27 heavy (non-hydrogen) atoms. The molecule has 0 fully saturated rings. The molecular formula is C19H17FN2O5. The fourth-order valence-corrected chi connectivity index (χ4v) is 2.52.